The van der Waals surface area contributed by atoms with E-state index in [1.54, 1.807) is 0 Å². The van der Waals surface area contributed by atoms with Crippen molar-refractivity contribution < 1.29 is 29.7 Å². The first kappa shape index (κ1) is 12.0. The van der Waals surface area contributed by atoms with Gasteiger partial charge in [0.15, 0.2) is 0 Å². The first-order valence-corrected chi connectivity index (χ1v) is 4.09. The highest BCUT2D eigenvalue weighted by molar-refractivity contribution is 5.28. The lowest BCUT2D eigenvalue weighted by atomic mass is 10.2. The van der Waals surface area contributed by atoms with E-state index in [9.17, 15) is 0 Å². The maximum Gasteiger partial charge on any atom is 0.0921 e. The molecule has 0 aliphatic rings. The summed E-state index contributed by atoms with van der Waals surface area (Å²) in [6.07, 6.45) is 2.20. The van der Waals surface area contributed by atoms with Gasteiger partial charge in [0.1, 0.15) is 0 Å². The first-order chi connectivity index (χ1) is 5.16. The maximum absolute atomic E-state index is 3.84. The van der Waals surface area contributed by atoms with E-state index in [0.29, 0.717) is 0 Å². The van der Waals surface area contributed by atoms with Gasteiger partial charge in [-0.1, -0.05) is 0 Å². The maximum atomic E-state index is 3.84. The molecule has 1 rings (SSSR count). The van der Waals surface area contributed by atoms with Crippen LogP contribution in [-0.4, -0.2) is 11.1 Å². The highest BCUT2D eigenvalue weighted by Crippen LogP contribution is 2.13. The molecular formula is C9H17IN2. The Hall–Kier alpha value is -0.0300. The minimum absolute atomic E-state index is 0. The van der Waals surface area contributed by atoms with Crippen molar-refractivity contribution >= 4 is 0 Å². The summed E-state index contributed by atoms with van der Waals surface area (Å²) < 4.78 is 2.28. The van der Waals surface area contributed by atoms with Gasteiger partial charge in [-0.15, -0.1) is 0 Å². The fourth-order valence-electron chi connectivity index (χ4n) is 1.33. The molecule has 1 aromatic rings. The number of aromatic nitrogens is 1. The molecule has 0 atom stereocenters. The number of halogens is 1. The number of hydrogen-bond donors (Lipinski definition) is 1. The molecule has 70 valence electrons. The van der Waals surface area contributed by atoms with E-state index < -0.39 is 0 Å². The van der Waals surface area contributed by atoms with Crippen LogP contribution in [0.5, 0.6) is 0 Å². The fraction of sp³-hybridized carbons (Fsp3) is 0.556. The van der Waals surface area contributed by atoms with Crippen LogP contribution in [0, 0.1) is 20.8 Å². The minimum atomic E-state index is 0. The van der Waals surface area contributed by atoms with Gasteiger partial charge in [0.25, 0.3) is 0 Å². The summed E-state index contributed by atoms with van der Waals surface area (Å²) in [7, 11) is 0. The van der Waals surface area contributed by atoms with E-state index in [-0.39, 0.29) is 24.0 Å². The quantitative estimate of drug-likeness (QED) is 0.589. The number of quaternary nitrogens is 1. The van der Waals surface area contributed by atoms with E-state index in [4.69, 9.17) is 0 Å². The van der Waals surface area contributed by atoms with Crippen LogP contribution in [0.1, 0.15) is 16.8 Å². The van der Waals surface area contributed by atoms with Gasteiger partial charge in [-0.3, -0.25) is 0 Å². The third kappa shape index (κ3) is 2.23. The minimum Gasteiger partial charge on any atom is -1.00 e. The van der Waals surface area contributed by atoms with Crippen molar-refractivity contribution in [3.63, 3.8) is 0 Å². The van der Waals surface area contributed by atoms with E-state index in [1.807, 2.05) is 0 Å². The second-order valence-electron chi connectivity index (χ2n) is 3.07. The van der Waals surface area contributed by atoms with Gasteiger partial charge >= 0.3 is 0 Å². The van der Waals surface area contributed by atoms with Crippen molar-refractivity contribution in [1.29, 1.82) is 0 Å². The summed E-state index contributed by atoms with van der Waals surface area (Å²) in [5.74, 6) is 0. The third-order valence-corrected chi connectivity index (χ3v) is 2.31. The molecule has 0 saturated heterocycles. The number of aryl methyl sites for hydroxylation is 1. The summed E-state index contributed by atoms with van der Waals surface area (Å²) in [5, 5.41) is 0. The number of nitrogens with zero attached hydrogens (tertiary/aromatic N) is 1. The predicted molar refractivity (Wildman–Crippen MR) is 46.4 cm³/mol. The Morgan fingerprint density at radius 1 is 1.33 bits per heavy atom. The lowest BCUT2D eigenvalue weighted by Gasteiger charge is -2.01. The van der Waals surface area contributed by atoms with Crippen LogP contribution >= 0.6 is 0 Å². The highest BCUT2D eigenvalue weighted by Gasteiger charge is 2.03. The Balaban J connectivity index is 0.00000121. The molecular weight excluding hydrogens is 263 g/mol. The molecule has 3 heteroatoms. The van der Waals surface area contributed by atoms with Gasteiger partial charge in [-0.25, -0.2) is 0 Å². The molecule has 0 saturated carbocycles. The fourth-order valence-corrected chi connectivity index (χ4v) is 1.33. The Kier molecular flexibility index (Phi) is 4.85. The van der Waals surface area contributed by atoms with E-state index in [1.165, 1.54) is 16.8 Å². The van der Waals surface area contributed by atoms with Gasteiger partial charge in [0.2, 0.25) is 0 Å². The Bertz CT molecular complexity index is 253. The van der Waals surface area contributed by atoms with Gasteiger partial charge < -0.3 is 34.3 Å². The average molecular weight is 280 g/mol. The molecule has 0 fully saturated rings. The van der Waals surface area contributed by atoms with Crippen LogP contribution in [0.3, 0.4) is 0 Å². The molecule has 3 N–H and O–H groups in total. The zero-order valence-corrected chi connectivity index (χ0v) is 10.2. The first-order valence-electron chi connectivity index (χ1n) is 4.09. The van der Waals surface area contributed by atoms with Gasteiger partial charge in [0.05, 0.1) is 13.1 Å². The molecule has 0 unspecified atom stereocenters. The topological polar surface area (TPSA) is 32.6 Å². The third-order valence-electron chi connectivity index (χ3n) is 2.31. The molecule has 0 amide bonds. The van der Waals surface area contributed by atoms with E-state index in [0.717, 1.165) is 13.1 Å². The van der Waals surface area contributed by atoms with Crippen molar-refractivity contribution in [3.8, 4) is 0 Å². The largest absolute Gasteiger partial charge is 1.00 e. The van der Waals surface area contributed by atoms with E-state index in [2.05, 4.69) is 37.3 Å². The summed E-state index contributed by atoms with van der Waals surface area (Å²) in [6.45, 7) is 8.50. The Morgan fingerprint density at radius 2 is 1.92 bits per heavy atom. The molecule has 0 aromatic carbocycles. The van der Waals surface area contributed by atoms with Crippen LogP contribution in [0.2, 0.25) is 0 Å². The molecule has 12 heavy (non-hydrogen) atoms. The zero-order valence-electron chi connectivity index (χ0n) is 8.02. The normalized spacial score (nSPS) is 9.67. The molecule has 1 heterocycles. The summed E-state index contributed by atoms with van der Waals surface area (Å²) in [5.41, 5.74) is 8.02. The molecule has 0 radical (unpaired) electrons. The van der Waals surface area contributed by atoms with Crippen molar-refractivity contribution in [1.82, 2.24) is 4.57 Å². The zero-order chi connectivity index (χ0) is 8.43. The summed E-state index contributed by atoms with van der Waals surface area (Å²) in [4.78, 5) is 0. The van der Waals surface area contributed by atoms with Gasteiger partial charge in [-0.2, -0.15) is 0 Å². The lowest BCUT2D eigenvalue weighted by Crippen LogP contribution is -3.00. The van der Waals surface area contributed by atoms with E-state index >= 15 is 0 Å². The predicted octanol–water partition coefficient (Wildman–Crippen LogP) is -2.34. The number of rotatable bonds is 2. The van der Waals surface area contributed by atoms with Crippen molar-refractivity contribution in [2.24, 2.45) is 0 Å². The van der Waals surface area contributed by atoms with Crippen LogP contribution in [0.15, 0.2) is 6.20 Å². The smallest absolute Gasteiger partial charge is 0.0921 e. The molecule has 0 bridgehead atoms. The average Bonchev–Trinajstić information content (AvgIpc) is 2.19. The van der Waals surface area contributed by atoms with Crippen LogP contribution < -0.4 is 29.7 Å². The SMILES string of the molecule is Cc1cn(CC[NH3+])c(C)c1C.[I-]. The number of hydrogen-bond acceptors (Lipinski definition) is 0. The van der Waals surface area contributed by atoms with Crippen molar-refractivity contribution in [3.05, 3.63) is 23.0 Å². The lowest BCUT2D eigenvalue weighted by molar-refractivity contribution is -0.369. The Morgan fingerprint density at radius 3 is 2.25 bits per heavy atom. The molecule has 0 aliphatic heterocycles. The molecule has 0 aliphatic carbocycles. The second-order valence-corrected chi connectivity index (χ2v) is 3.07. The van der Waals surface area contributed by atoms with Crippen LogP contribution in [0.4, 0.5) is 0 Å². The standard InChI is InChI=1S/C9H16N2.HI/c1-7-6-11(5-4-10)9(3)8(7)2;/h6H,4-5,10H2,1-3H3;1H. The van der Waals surface area contributed by atoms with Crippen LogP contribution in [0.25, 0.3) is 0 Å². The monoisotopic (exact) mass is 280 g/mol. The molecule has 1 aromatic heterocycles. The highest BCUT2D eigenvalue weighted by atomic mass is 127. The molecule has 2 nitrogen and oxygen atoms in total. The van der Waals surface area contributed by atoms with Crippen molar-refractivity contribution in [2.75, 3.05) is 6.54 Å². The van der Waals surface area contributed by atoms with Gasteiger partial charge in [-0.05, 0) is 31.9 Å². The van der Waals surface area contributed by atoms with Gasteiger partial charge in [0, 0.05) is 11.9 Å². The Labute approximate surface area is 91.2 Å². The second kappa shape index (κ2) is 4.87. The van der Waals surface area contributed by atoms with Crippen LogP contribution in [-0.2, 0) is 6.54 Å². The summed E-state index contributed by atoms with van der Waals surface area (Å²) >= 11 is 0. The van der Waals surface area contributed by atoms with Crippen molar-refractivity contribution in [2.45, 2.75) is 27.3 Å². The summed E-state index contributed by atoms with van der Waals surface area (Å²) in [6, 6.07) is 0. The molecule has 0 spiro atoms.